The molecule has 2 aliphatic rings. The smallest absolute Gasteiger partial charge is 0.194 e. The lowest BCUT2D eigenvalue weighted by molar-refractivity contribution is 0.162. The van der Waals surface area contributed by atoms with E-state index in [1.807, 2.05) is 0 Å². The summed E-state index contributed by atoms with van der Waals surface area (Å²) in [5, 5.41) is 6.91. The molecule has 164 valence electrons. The van der Waals surface area contributed by atoms with Crippen LogP contribution in [0.25, 0.3) is 0 Å². The summed E-state index contributed by atoms with van der Waals surface area (Å²) in [6.07, 6.45) is 2.49. The van der Waals surface area contributed by atoms with Gasteiger partial charge in [-0.25, -0.2) is 4.98 Å². The van der Waals surface area contributed by atoms with E-state index in [-0.39, 0.29) is 0 Å². The normalized spacial score (nSPS) is 20.6. The lowest BCUT2D eigenvalue weighted by Gasteiger charge is -2.37. The van der Waals surface area contributed by atoms with Crippen LogP contribution in [-0.2, 0) is 6.54 Å². The van der Waals surface area contributed by atoms with Gasteiger partial charge in [-0.1, -0.05) is 13.8 Å². The van der Waals surface area contributed by atoms with Crippen LogP contribution in [0, 0.1) is 18.8 Å². The molecule has 2 fully saturated rings. The van der Waals surface area contributed by atoms with E-state index in [4.69, 9.17) is 4.99 Å². The molecule has 1 N–H and O–H groups in total. The molecule has 0 aliphatic carbocycles. The fraction of sp³-hybridized carbons (Fsp3) is 0.818. The van der Waals surface area contributed by atoms with Crippen molar-refractivity contribution in [3.63, 3.8) is 0 Å². The van der Waals surface area contributed by atoms with E-state index in [1.54, 1.807) is 11.3 Å². The molecule has 0 radical (unpaired) electrons. The summed E-state index contributed by atoms with van der Waals surface area (Å²) >= 11 is 1.76. The quantitative estimate of drug-likeness (QED) is 0.543. The van der Waals surface area contributed by atoms with Crippen molar-refractivity contribution in [1.82, 2.24) is 25.0 Å². The van der Waals surface area contributed by atoms with Crippen molar-refractivity contribution in [3.8, 4) is 0 Å². The molecule has 6 nitrogen and oxygen atoms in total. The van der Waals surface area contributed by atoms with Crippen molar-refractivity contribution in [2.45, 2.75) is 47.1 Å². The molecule has 0 spiro atoms. The van der Waals surface area contributed by atoms with Crippen molar-refractivity contribution < 1.29 is 0 Å². The largest absolute Gasteiger partial charge is 0.357 e. The monoisotopic (exact) mass is 420 g/mol. The number of piperidine rings is 1. The summed E-state index contributed by atoms with van der Waals surface area (Å²) in [6, 6.07) is 0. The molecule has 0 bridgehead atoms. The average Bonchev–Trinajstić information content (AvgIpc) is 3.11. The Morgan fingerprint density at radius 1 is 1.17 bits per heavy atom. The van der Waals surface area contributed by atoms with Crippen LogP contribution >= 0.6 is 11.3 Å². The minimum absolute atomic E-state index is 0.708. The van der Waals surface area contributed by atoms with E-state index in [1.165, 1.54) is 43.2 Å². The second-order valence-electron chi connectivity index (χ2n) is 8.95. The average molecular weight is 421 g/mol. The fourth-order valence-electron chi connectivity index (χ4n) is 4.34. The lowest BCUT2D eigenvalue weighted by atomic mass is 9.97. The number of likely N-dealkylation sites (tertiary alicyclic amines) is 1. The summed E-state index contributed by atoms with van der Waals surface area (Å²) in [4.78, 5) is 17.3. The van der Waals surface area contributed by atoms with Gasteiger partial charge in [0.15, 0.2) is 5.96 Å². The highest BCUT2D eigenvalue weighted by Gasteiger charge is 2.22. The summed E-state index contributed by atoms with van der Waals surface area (Å²) in [6.45, 7) is 19.8. The van der Waals surface area contributed by atoms with Crippen molar-refractivity contribution in [2.75, 3.05) is 58.9 Å². The molecule has 0 aromatic carbocycles. The predicted molar refractivity (Wildman–Crippen MR) is 124 cm³/mol. The second kappa shape index (κ2) is 11.3. The summed E-state index contributed by atoms with van der Waals surface area (Å²) in [7, 11) is 0. The van der Waals surface area contributed by atoms with E-state index in [2.05, 4.69) is 58.1 Å². The van der Waals surface area contributed by atoms with Gasteiger partial charge in [0.1, 0.15) is 0 Å². The maximum absolute atomic E-state index is 5.04. The Balaban J connectivity index is 1.43. The van der Waals surface area contributed by atoms with Crippen LogP contribution < -0.4 is 5.32 Å². The molecule has 29 heavy (non-hydrogen) atoms. The number of hydrogen-bond acceptors (Lipinski definition) is 5. The Kier molecular flexibility index (Phi) is 8.75. The fourth-order valence-corrected chi connectivity index (χ4v) is 4.94. The zero-order valence-corrected chi connectivity index (χ0v) is 19.7. The van der Waals surface area contributed by atoms with Gasteiger partial charge in [-0.3, -0.25) is 14.8 Å². The Morgan fingerprint density at radius 2 is 1.90 bits per heavy atom. The summed E-state index contributed by atoms with van der Waals surface area (Å²) in [5.74, 6) is 2.57. The number of guanidine groups is 1. The number of rotatable bonds is 7. The number of thiazole rings is 1. The van der Waals surface area contributed by atoms with Crippen LogP contribution in [0.1, 0.15) is 44.3 Å². The van der Waals surface area contributed by atoms with Gasteiger partial charge in [-0.15, -0.1) is 11.3 Å². The first-order valence-electron chi connectivity index (χ1n) is 11.4. The van der Waals surface area contributed by atoms with E-state index < -0.39 is 0 Å². The number of hydrogen-bond donors (Lipinski definition) is 1. The molecule has 1 aromatic heterocycles. The Morgan fingerprint density at radius 3 is 2.48 bits per heavy atom. The van der Waals surface area contributed by atoms with Crippen LogP contribution in [0.15, 0.2) is 10.4 Å². The minimum Gasteiger partial charge on any atom is -0.357 e. The third kappa shape index (κ3) is 7.23. The molecule has 0 atom stereocenters. The first kappa shape index (κ1) is 22.5. The van der Waals surface area contributed by atoms with Gasteiger partial charge in [0, 0.05) is 57.7 Å². The number of nitrogens with one attached hydrogen (secondary N) is 1. The minimum atomic E-state index is 0.708. The standard InChI is InChI=1S/C22H40N6S/c1-5-23-22(28-12-10-27(11-13-28)15-18(2)3)24-14-20-6-8-26(9-7-20)16-21-17-29-19(4)25-21/h17-18,20H,5-16H2,1-4H3,(H,23,24). The van der Waals surface area contributed by atoms with Crippen molar-refractivity contribution in [1.29, 1.82) is 0 Å². The van der Waals surface area contributed by atoms with Gasteiger partial charge in [0.05, 0.1) is 10.7 Å². The topological polar surface area (TPSA) is 47.0 Å². The van der Waals surface area contributed by atoms with Crippen LogP contribution in [0.5, 0.6) is 0 Å². The lowest BCUT2D eigenvalue weighted by Crippen LogP contribution is -2.53. The molecule has 0 saturated carbocycles. The predicted octanol–water partition coefficient (Wildman–Crippen LogP) is 2.90. The van der Waals surface area contributed by atoms with E-state index >= 15 is 0 Å². The molecule has 7 heteroatoms. The molecule has 3 heterocycles. The third-order valence-corrected chi connectivity index (χ3v) is 6.71. The van der Waals surface area contributed by atoms with Crippen molar-refractivity contribution in [3.05, 3.63) is 16.1 Å². The SMILES string of the molecule is CCNC(=NCC1CCN(Cc2csc(C)n2)CC1)N1CCN(CC(C)C)CC1. The summed E-state index contributed by atoms with van der Waals surface area (Å²) in [5.41, 5.74) is 1.23. The molecule has 3 rings (SSSR count). The van der Waals surface area contributed by atoms with Gasteiger partial charge in [-0.05, 0) is 51.6 Å². The van der Waals surface area contributed by atoms with Gasteiger partial charge in [0.2, 0.25) is 0 Å². The molecule has 0 amide bonds. The number of aromatic nitrogens is 1. The molecule has 0 unspecified atom stereocenters. The van der Waals surface area contributed by atoms with Crippen LogP contribution in [-0.4, -0.2) is 84.5 Å². The highest BCUT2D eigenvalue weighted by atomic mass is 32.1. The van der Waals surface area contributed by atoms with Crippen LogP contribution in [0.4, 0.5) is 0 Å². The maximum atomic E-state index is 5.04. The molecule has 2 aliphatic heterocycles. The number of piperazine rings is 1. The molecular formula is C22H40N6S. The van der Waals surface area contributed by atoms with E-state index in [0.29, 0.717) is 5.92 Å². The van der Waals surface area contributed by atoms with Crippen LogP contribution in [0.3, 0.4) is 0 Å². The number of nitrogens with zero attached hydrogens (tertiary/aromatic N) is 5. The zero-order valence-electron chi connectivity index (χ0n) is 18.9. The third-order valence-electron chi connectivity index (χ3n) is 5.89. The van der Waals surface area contributed by atoms with Gasteiger partial charge in [0.25, 0.3) is 0 Å². The highest BCUT2D eigenvalue weighted by Crippen LogP contribution is 2.20. The van der Waals surface area contributed by atoms with E-state index in [9.17, 15) is 0 Å². The number of aryl methyl sites for hydroxylation is 1. The Bertz CT molecular complexity index is 627. The first-order valence-corrected chi connectivity index (χ1v) is 12.3. The molecular weight excluding hydrogens is 380 g/mol. The van der Waals surface area contributed by atoms with Crippen molar-refractivity contribution in [2.24, 2.45) is 16.8 Å². The molecule has 1 aromatic rings. The maximum Gasteiger partial charge on any atom is 0.194 e. The van der Waals surface area contributed by atoms with E-state index in [0.717, 1.165) is 57.7 Å². The zero-order chi connectivity index (χ0) is 20.6. The highest BCUT2D eigenvalue weighted by molar-refractivity contribution is 7.09. The van der Waals surface area contributed by atoms with Gasteiger partial charge in [-0.2, -0.15) is 0 Å². The summed E-state index contributed by atoms with van der Waals surface area (Å²) < 4.78 is 0. The number of aliphatic imine (C=N–C) groups is 1. The second-order valence-corrected chi connectivity index (χ2v) is 10.0. The Hall–Kier alpha value is -1.18. The molecule has 2 saturated heterocycles. The Labute approximate surface area is 181 Å². The van der Waals surface area contributed by atoms with Crippen LogP contribution in [0.2, 0.25) is 0 Å². The van der Waals surface area contributed by atoms with Crippen molar-refractivity contribution >= 4 is 17.3 Å². The van der Waals surface area contributed by atoms with Gasteiger partial charge < -0.3 is 10.2 Å². The first-order chi connectivity index (χ1) is 14.0. The van der Waals surface area contributed by atoms with Gasteiger partial charge >= 0.3 is 0 Å².